The number of benzene rings is 2. The van der Waals surface area contributed by atoms with E-state index in [2.05, 4.69) is 5.16 Å². The van der Waals surface area contributed by atoms with E-state index in [1.807, 2.05) is 36.6 Å². The van der Waals surface area contributed by atoms with Crippen molar-refractivity contribution in [1.82, 2.24) is 14.7 Å². The summed E-state index contributed by atoms with van der Waals surface area (Å²) < 4.78 is 70.8. The molecule has 2 aliphatic rings. The molecule has 0 N–H and O–H groups in total. The normalized spacial score (nSPS) is 22.9. The lowest BCUT2D eigenvalue weighted by molar-refractivity contribution is -0.137. The fourth-order valence-electron chi connectivity index (χ4n) is 6.20. The number of amides is 1. The highest BCUT2D eigenvalue weighted by atomic mass is 19.3. The lowest BCUT2D eigenvalue weighted by Crippen LogP contribution is -2.35. The Balaban J connectivity index is 1.52. The van der Waals surface area contributed by atoms with Crippen LogP contribution in [0.1, 0.15) is 61.5 Å². The first-order valence-electron chi connectivity index (χ1n) is 13.2. The van der Waals surface area contributed by atoms with E-state index >= 15 is 8.78 Å². The predicted octanol–water partition coefficient (Wildman–Crippen LogP) is 6.83. The number of rotatable bonds is 5. The molecule has 40 heavy (non-hydrogen) atoms. The van der Waals surface area contributed by atoms with Crippen molar-refractivity contribution in [2.45, 2.75) is 70.1 Å². The quantitative estimate of drug-likeness (QED) is 0.252. The first-order chi connectivity index (χ1) is 19.1. The maximum absolute atomic E-state index is 15.0. The van der Waals surface area contributed by atoms with Crippen molar-refractivity contribution in [3.63, 3.8) is 0 Å². The Morgan fingerprint density at radius 2 is 1.77 bits per heavy atom. The molecule has 1 amide bonds. The molecular weight excluding hydrogens is 528 g/mol. The van der Waals surface area contributed by atoms with Crippen LogP contribution in [0.2, 0.25) is 0 Å². The fourth-order valence-corrected chi connectivity index (χ4v) is 6.20. The van der Waals surface area contributed by atoms with E-state index in [4.69, 9.17) is 14.2 Å². The Labute approximate surface area is 227 Å². The van der Waals surface area contributed by atoms with Crippen molar-refractivity contribution < 1.29 is 31.6 Å². The topological polar surface area (TPSA) is 73.4 Å². The summed E-state index contributed by atoms with van der Waals surface area (Å²) in [5, 5.41) is 4.03. The van der Waals surface area contributed by atoms with E-state index in [-0.39, 0.29) is 23.7 Å². The predicted molar refractivity (Wildman–Crippen MR) is 139 cm³/mol. The first kappa shape index (κ1) is 26.5. The molecule has 2 aromatic carbocycles. The molecule has 0 unspecified atom stereocenters. The monoisotopic (exact) mass is 556 g/mol. The van der Waals surface area contributed by atoms with Gasteiger partial charge in [-0.3, -0.25) is 9.69 Å². The lowest BCUT2D eigenvalue weighted by Gasteiger charge is -2.32. The van der Waals surface area contributed by atoms with Gasteiger partial charge < -0.3 is 13.8 Å². The van der Waals surface area contributed by atoms with Crippen molar-refractivity contribution in [2.24, 2.45) is 0 Å². The van der Waals surface area contributed by atoms with Crippen molar-refractivity contribution in [3.8, 4) is 11.1 Å². The molecule has 0 radical (unpaired) electrons. The number of nitrogens with zero attached hydrogens (tertiary/aromatic N) is 4. The number of hydrogen-bond donors (Lipinski definition) is 0. The van der Waals surface area contributed by atoms with Crippen LogP contribution in [0.25, 0.3) is 22.2 Å². The number of carbonyl (C=O) groups excluding carboxylic acids is 1. The Hall–Kier alpha value is -3.73. The smallest absolute Gasteiger partial charge is 0.327 e. The second kappa shape index (κ2) is 9.72. The number of hydrogen-bond acceptors (Lipinski definition) is 5. The molecule has 0 spiro atoms. The highest BCUT2D eigenvalue weighted by Crippen LogP contribution is 2.47. The van der Waals surface area contributed by atoms with E-state index in [9.17, 15) is 13.6 Å². The highest BCUT2D eigenvalue weighted by Gasteiger charge is 2.56. The zero-order valence-electron chi connectivity index (χ0n) is 22.3. The highest BCUT2D eigenvalue weighted by molar-refractivity contribution is 6.01. The van der Waals surface area contributed by atoms with Gasteiger partial charge in [0, 0.05) is 36.9 Å². The number of alkyl halides is 2. The van der Waals surface area contributed by atoms with E-state index in [0.29, 0.717) is 17.0 Å². The van der Waals surface area contributed by atoms with Gasteiger partial charge in [-0.2, -0.15) is 8.78 Å². The maximum atomic E-state index is 15.0. The molecule has 210 valence electrons. The van der Waals surface area contributed by atoms with Crippen LogP contribution in [0.4, 0.5) is 23.2 Å². The Morgan fingerprint density at radius 3 is 2.42 bits per heavy atom. The molecule has 3 heterocycles. The Kier molecular flexibility index (Phi) is 6.44. The van der Waals surface area contributed by atoms with Gasteiger partial charge in [-0.25, -0.2) is 13.8 Å². The summed E-state index contributed by atoms with van der Waals surface area (Å²) in [4.78, 5) is 18.7. The molecule has 6 rings (SSSR count). The average Bonchev–Trinajstić information content (AvgIpc) is 3.55. The van der Waals surface area contributed by atoms with Gasteiger partial charge in [-0.15, -0.1) is 0 Å². The number of aryl methyl sites for hydroxylation is 2. The van der Waals surface area contributed by atoms with Gasteiger partial charge in [0.25, 0.3) is 5.91 Å². The third kappa shape index (κ3) is 4.27. The summed E-state index contributed by atoms with van der Waals surface area (Å²) in [6, 6.07) is 7.14. The zero-order valence-corrected chi connectivity index (χ0v) is 22.3. The van der Waals surface area contributed by atoms with Crippen LogP contribution in [0.15, 0.2) is 40.9 Å². The lowest BCUT2D eigenvalue weighted by atomic mass is 9.92. The van der Waals surface area contributed by atoms with Gasteiger partial charge in [0.2, 0.25) is 0 Å². The molecule has 7 nitrogen and oxygen atoms in total. The van der Waals surface area contributed by atoms with Crippen LogP contribution in [-0.4, -0.2) is 39.8 Å². The fraction of sp³-hybridized carbons (Fsp3) is 0.414. The summed E-state index contributed by atoms with van der Waals surface area (Å²) in [5.74, 6) is -6.61. The third-order valence-electron chi connectivity index (χ3n) is 8.15. The molecule has 1 saturated carbocycles. The molecule has 1 saturated heterocycles. The first-order valence-corrected chi connectivity index (χ1v) is 13.2. The molecule has 1 aliphatic carbocycles. The van der Waals surface area contributed by atoms with Crippen LogP contribution in [-0.2, 0) is 9.53 Å². The van der Waals surface area contributed by atoms with Gasteiger partial charge in [-0.05, 0) is 69.4 Å². The number of carbonyl (C=O) groups is 1. The van der Waals surface area contributed by atoms with Crippen LogP contribution in [0, 0.1) is 25.5 Å². The van der Waals surface area contributed by atoms with Gasteiger partial charge >= 0.3 is 5.92 Å². The van der Waals surface area contributed by atoms with E-state index in [1.54, 1.807) is 7.11 Å². The minimum atomic E-state index is -3.70. The number of ether oxygens (including phenoxy) is 1. The summed E-state index contributed by atoms with van der Waals surface area (Å²) in [6.45, 7) is 3.64. The molecular formula is C29H28F4N4O3. The van der Waals surface area contributed by atoms with Crippen LogP contribution in [0.5, 0.6) is 0 Å². The van der Waals surface area contributed by atoms with E-state index in [1.165, 1.54) is 0 Å². The minimum Gasteiger partial charge on any atom is -0.381 e. The molecule has 2 aromatic heterocycles. The van der Waals surface area contributed by atoms with Gasteiger partial charge in [0.15, 0.2) is 11.6 Å². The summed E-state index contributed by atoms with van der Waals surface area (Å²) in [5.41, 5.74) is 3.50. The van der Waals surface area contributed by atoms with E-state index < -0.39 is 35.9 Å². The SMILES string of the molecule is COC1CCC(n2c([C@@H]3CC(F)(F)C(=O)N3c3ccc(F)c(F)c3)nc3cc(-c4c(C)noc4C)ccc32)CC1. The average molecular weight is 557 g/mol. The van der Waals surface area contributed by atoms with Crippen molar-refractivity contribution in [2.75, 3.05) is 12.0 Å². The third-order valence-corrected chi connectivity index (χ3v) is 8.15. The number of halogens is 4. The molecule has 11 heteroatoms. The molecule has 1 atom stereocenters. The zero-order chi connectivity index (χ0) is 28.3. The number of methoxy groups -OCH3 is 1. The van der Waals surface area contributed by atoms with Crippen molar-refractivity contribution in [3.05, 3.63) is 65.3 Å². The van der Waals surface area contributed by atoms with Crippen LogP contribution in [0.3, 0.4) is 0 Å². The summed E-state index contributed by atoms with van der Waals surface area (Å²) >= 11 is 0. The molecule has 1 aliphatic heterocycles. The Morgan fingerprint density at radius 1 is 1.02 bits per heavy atom. The van der Waals surface area contributed by atoms with Gasteiger partial charge in [-0.1, -0.05) is 11.2 Å². The molecule has 0 bridgehead atoms. The second-order valence-electron chi connectivity index (χ2n) is 10.6. The van der Waals surface area contributed by atoms with Crippen LogP contribution >= 0.6 is 0 Å². The maximum Gasteiger partial charge on any atom is 0.327 e. The standard InChI is InChI=1S/C29H28F4N4O3/c1-15-26(16(2)40-35-15)17-4-11-24-23(12-17)34-27(36(24)18-5-8-20(39-3)9-6-18)25-14-29(32,33)28(38)37(25)19-7-10-21(30)22(31)13-19/h4,7,10-13,18,20,25H,5-6,8-9,14H2,1-3H3/t18?,20?,25-/m0/s1. The second-order valence-corrected chi connectivity index (χ2v) is 10.6. The van der Waals surface area contributed by atoms with Crippen molar-refractivity contribution >= 4 is 22.6 Å². The van der Waals surface area contributed by atoms with E-state index in [0.717, 1.165) is 65.4 Å². The number of fused-ring (bicyclic) bond motifs is 1. The summed E-state index contributed by atoms with van der Waals surface area (Å²) in [6.07, 6.45) is 2.29. The van der Waals surface area contributed by atoms with Crippen LogP contribution < -0.4 is 4.90 Å². The van der Waals surface area contributed by atoms with Gasteiger partial charge in [0.1, 0.15) is 17.6 Å². The Bertz CT molecular complexity index is 1590. The largest absolute Gasteiger partial charge is 0.381 e. The van der Waals surface area contributed by atoms with Crippen molar-refractivity contribution in [1.29, 1.82) is 0 Å². The number of anilines is 1. The minimum absolute atomic E-state index is 0.0764. The number of aromatic nitrogens is 3. The summed E-state index contributed by atoms with van der Waals surface area (Å²) in [7, 11) is 1.67. The van der Waals surface area contributed by atoms with Gasteiger partial charge in [0.05, 0.1) is 22.8 Å². The number of imidazole rings is 1. The molecule has 2 fully saturated rings. The molecule has 4 aromatic rings.